The third-order valence-electron chi connectivity index (χ3n) is 6.81. The Balaban J connectivity index is 2.06. The molecular weight excluding hydrogens is 538 g/mol. The van der Waals surface area contributed by atoms with Crippen LogP contribution in [0.15, 0.2) is 77.7 Å². The van der Waals surface area contributed by atoms with Crippen LogP contribution < -0.4 is 14.4 Å². The summed E-state index contributed by atoms with van der Waals surface area (Å²) in [5, 5.41) is 2.94. The van der Waals surface area contributed by atoms with Gasteiger partial charge in [0.05, 0.1) is 17.7 Å². The third-order valence-corrected chi connectivity index (χ3v) is 8.59. The Morgan fingerprint density at radius 1 is 0.951 bits per heavy atom. The van der Waals surface area contributed by atoms with E-state index in [4.69, 9.17) is 4.74 Å². The second-order valence-corrected chi connectivity index (χ2v) is 12.4. The van der Waals surface area contributed by atoms with E-state index in [2.05, 4.69) is 5.32 Å². The molecule has 0 heterocycles. The number of hydrogen-bond acceptors (Lipinski definition) is 5. The summed E-state index contributed by atoms with van der Waals surface area (Å²) in [7, 11) is -2.53. The van der Waals surface area contributed by atoms with Crippen molar-refractivity contribution in [1.82, 2.24) is 10.2 Å². The molecule has 3 rings (SSSR count). The molecule has 1 N–H and O–H groups in total. The predicted octanol–water partition coefficient (Wildman–Crippen LogP) is 5.09. The molecule has 0 aliphatic heterocycles. The average Bonchev–Trinajstić information content (AvgIpc) is 2.95. The first-order valence-electron chi connectivity index (χ1n) is 13.8. The minimum Gasteiger partial charge on any atom is -0.497 e. The van der Waals surface area contributed by atoms with Crippen LogP contribution >= 0.6 is 0 Å². The lowest BCUT2D eigenvalue weighted by molar-refractivity contribution is -0.140. The molecule has 3 aromatic rings. The van der Waals surface area contributed by atoms with Crippen molar-refractivity contribution in [3.8, 4) is 5.75 Å². The molecule has 2 amide bonds. The molecule has 0 aromatic heterocycles. The molecule has 0 fully saturated rings. The van der Waals surface area contributed by atoms with Crippen molar-refractivity contribution in [2.45, 2.75) is 58.5 Å². The highest BCUT2D eigenvalue weighted by Crippen LogP contribution is 2.28. The molecule has 0 bridgehead atoms. The van der Waals surface area contributed by atoms with Crippen LogP contribution in [-0.4, -0.2) is 51.4 Å². The van der Waals surface area contributed by atoms with Crippen molar-refractivity contribution in [2.75, 3.05) is 24.5 Å². The monoisotopic (exact) mass is 579 g/mol. The lowest BCUT2D eigenvalue weighted by Crippen LogP contribution is -2.52. The number of methoxy groups -OCH3 is 1. The number of carbonyl (C=O) groups is 2. The summed E-state index contributed by atoms with van der Waals surface area (Å²) in [6.45, 7) is 9.72. The number of nitrogens with zero attached hydrogens (tertiary/aromatic N) is 2. The van der Waals surface area contributed by atoms with Gasteiger partial charge < -0.3 is 15.0 Å². The first-order valence-corrected chi connectivity index (χ1v) is 15.3. The van der Waals surface area contributed by atoms with E-state index in [9.17, 15) is 18.0 Å². The Bertz CT molecular complexity index is 1420. The summed E-state index contributed by atoms with van der Waals surface area (Å²) in [4.78, 5) is 29.1. The molecule has 41 heavy (non-hydrogen) atoms. The SMILES string of the molecule is CC[C@H](C(=O)NCC(C)C)N(Cc1ccc(OC)cc1)C(=O)CN(c1ccc(C)cc1C)S(=O)(=O)c1ccccc1. The Hall–Kier alpha value is -3.85. The summed E-state index contributed by atoms with van der Waals surface area (Å²) in [6, 6.07) is 20.0. The fourth-order valence-corrected chi connectivity index (χ4v) is 6.09. The van der Waals surface area contributed by atoms with E-state index in [0.717, 1.165) is 21.0 Å². The molecule has 0 saturated carbocycles. The van der Waals surface area contributed by atoms with Gasteiger partial charge in [-0.15, -0.1) is 0 Å². The molecule has 0 saturated heterocycles. The number of hydrogen-bond donors (Lipinski definition) is 1. The van der Waals surface area contributed by atoms with Crippen molar-refractivity contribution < 1.29 is 22.7 Å². The van der Waals surface area contributed by atoms with Gasteiger partial charge in [0.25, 0.3) is 10.0 Å². The number of rotatable bonds is 13. The summed E-state index contributed by atoms with van der Waals surface area (Å²) >= 11 is 0. The highest BCUT2D eigenvalue weighted by atomic mass is 32.2. The van der Waals surface area contributed by atoms with Gasteiger partial charge >= 0.3 is 0 Å². The molecule has 0 aliphatic carbocycles. The Kier molecular flexibility index (Phi) is 10.9. The number of carbonyl (C=O) groups excluding carboxylic acids is 2. The summed E-state index contributed by atoms with van der Waals surface area (Å²) in [6.07, 6.45) is 0.362. The lowest BCUT2D eigenvalue weighted by Gasteiger charge is -2.33. The van der Waals surface area contributed by atoms with E-state index in [1.807, 2.05) is 58.9 Å². The molecule has 9 heteroatoms. The third kappa shape index (κ3) is 8.10. The van der Waals surface area contributed by atoms with Gasteiger partial charge in [-0.2, -0.15) is 0 Å². The number of sulfonamides is 1. The van der Waals surface area contributed by atoms with Crippen LogP contribution in [0.5, 0.6) is 5.75 Å². The summed E-state index contributed by atoms with van der Waals surface area (Å²) in [5.41, 5.74) is 2.90. The van der Waals surface area contributed by atoms with Crippen LogP contribution in [0, 0.1) is 19.8 Å². The largest absolute Gasteiger partial charge is 0.497 e. The number of anilines is 1. The van der Waals surface area contributed by atoms with Gasteiger partial charge in [-0.1, -0.05) is 68.8 Å². The quantitative estimate of drug-likeness (QED) is 0.305. The van der Waals surface area contributed by atoms with Gasteiger partial charge in [0.15, 0.2) is 0 Å². The Morgan fingerprint density at radius 2 is 1.61 bits per heavy atom. The first-order chi connectivity index (χ1) is 19.5. The average molecular weight is 580 g/mol. The smallest absolute Gasteiger partial charge is 0.264 e. The van der Waals surface area contributed by atoms with Gasteiger partial charge in [-0.05, 0) is 67.6 Å². The Morgan fingerprint density at radius 3 is 2.17 bits per heavy atom. The minimum atomic E-state index is -4.11. The molecule has 0 spiro atoms. The zero-order chi connectivity index (χ0) is 30.2. The zero-order valence-electron chi connectivity index (χ0n) is 24.8. The second-order valence-electron chi connectivity index (χ2n) is 10.5. The maximum absolute atomic E-state index is 14.2. The maximum atomic E-state index is 14.2. The molecule has 0 aliphatic rings. The molecular formula is C32H41N3O5S. The van der Waals surface area contributed by atoms with Gasteiger partial charge in [0.2, 0.25) is 11.8 Å². The van der Waals surface area contributed by atoms with Crippen LogP contribution in [0.25, 0.3) is 0 Å². The van der Waals surface area contributed by atoms with Gasteiger partial charge in [0, 0.05) is 13.1 Å². The topological polar surface area (TPSA) is 96.0 Å². The van der Waals surface area contributed by atoms with Crippen LogP contribution in [0.1, 0.15) is 43.9 Å². The van der Waals surface area contributed by atoms with Gasteiger partial charge in [0.1, 0.15) is 18.3 Å². The highest BCUT2D eigenvalue weighted by molar-refractivity contribution is 7.92. The van der Waals surface area contributed by atoms with E-state index in [1.54, 1.807) is 43.5 Å². The van der Waals surface area contributed by atoms with Crippen molar-refractivity contribution in [3.05, 3.63) is 89.5 Å². The van der Waals surface area contributed by atoms with Crippen LogP contribution in [0.4, 0.5) is 5.69 Å². The van der Waals surface area contributed by atoms with E-state index in [0.29, 0.717) is 24.4 Å². The summed E-state index contributed by atoms with van der Waals surface area (Å²) in [5.74, 6) is 0.153. The number of benzene rings is 3. The Labute approximate surface area is 244 Å². The van der Waals surface area contributed by atoms with Crippen molar-refractivity contribution >= 4 is 27.5 Å². The zero-order valence-corrected chi connectivity index (χ0v) is 25.6. The van der Waals surface area contributed by atoms with Crippen LogP contribution in [-0.2, 0) is 26.2 Å². The maximum Gasteiger partial charge on any atom is 0.264 e. The predicted molar refractivity (Wildman–Crippen MR) is 162 cm³/mol. The van der Waals surface area contributed by atoms with Crippen LogP contribution in [0.3, 0.4) is 0 Å². The highest BCUT2D eigenvalue weighted by Gasteiger charge is 2.34. The number of nitrogens with one attached hydrogen (secondary N) is 1. The molecule has 1 atom stereocenters. The normalized spacial score (nSPS) is 12.1. The summed E-state index contributed by atoms with van der Waals surface area (Å²) < 4.78 is 34.4. The van der Waals surface area contributed by atoms with Crippen molar-refractivity contribution in [1.29, 1.82) is 0 Å². The number of ether oxygens (including phenoxy) is 1. The fraction of sp³-hybridized carbons (Fsp3) is 0.375. The van der Waals surface area contributed by atoms with E-state index in [1.165, 1.54) is 17.0 Å². The first kappa shape index (κ1) is 31.7. The number of aryl methyl sites for hydroxylation is 2. The van der Waals surface area contributed by atoms with E-state index in [-0.39, 0.29) is 23.3 Å². The van der Waals surface area contributed by atoms with Gasteiger partial charge in [-0.3, -0.25) is 13.9 Å². The molecule has 8 nitrogen and oxygen atoms in total. The van der Waals surface area contributed by atoms with E-state index >= 15 is 0 Å². The standard InChI is InChI=1S/C32H41N3O5S/c1-7-29(32(37)33-20-23(2)3)34(21-26-14-16-27(40-6)17-15-26)31(36)22-35(30-18-13-24(4)19-25(30)5)41(38,39)28-11-9-8-10-12-28/h8-19,23,29H,7,20-22H2,1-6H3,(H,33,37)/t29-/m1/s1. The number of amides is 2. The van der Waals surface area contributed by atoms with Gasteiger partial charge in [-0.25, -0.2) is 8.42 Å². The molecule has 3 aromatic carbocycles. The molecule has 0 radical (unpaired) electrons. The fourth-order valence-electron chi connectivity index (χ4n) is 4.59. The second kappa shape index (κ2) is 14.2. The van der Waals surface area contributed by atoms with Crippen molar-refractivity contribution in [3.63, 3.8) is 0 Å². The van der Waals surface area contributed by atoms with Crippen LogP contribution in [0.2, 0.25) is 0 Å². The van der Waals surface area contributed by atoms with Crippen molar-refractivity contribution in [2.24, 2.45) is 5.92 Å². The minimum absolute atomic E-state index is 0.0798. The molecule has 0 unspecified atom stereocenters. The molecule has 220 valence electrons. The lowest BCUT2D eigenvalue weighted by atomic mass is 10.1. The van der Waals surface area contributed by atoms with E-state index < -0.39 is 28.5 Å².